The molecule has 0 aromatic heterocycles. The molecule has 0 spiro atoms. The highest BCUT2D eigenvalue weighted by Crippen LogP contribution is 2.23. The van der Waals surface area contributed by atoms with E-state index in [-0.39, 0.29) is 22.7 Å². The molecule has 2 rings (SSSR count). The SMILES string of the molecule is CC(C)(C)OC(=O)N1CCC(NCc2cc(Br)ccc2[N+](=O)[O-])CC1. The smallest absolute Gasteiger partial charge is 0.410 e. The number of nitrogens with one attached hydrogen (secondary N) is 1. The molecule has 0 saturated carbocycles. The minimum Gasteiger partial charge on any atom is -0.444 e. The van der Waals surface area contributed by atoms with Gasteiger partial charge in [-0.25, -0.2) is 4.79 Å². The normalized spacial score (nSPS) is 15.9. The predicted molar refractivity (Wildman–Crippen MR) is 98.5 cm³/mol. The Labute approximate surface area is 156 Å². The van der Waals surface area contributed by atoms with Gasteiger partial charge in [0.2, 0.25) is 0 Å². The molecule has 1 fully saturated rings. The van der Waals surface area contributed by atoms with Crippen molar-refractivity contribution in [1.29, 1.82) is 0 Å². The molecule has 1 aromatic rings. The van der Waals surface area contributed by atoms with Crippen LogP contribution in [0.5, 0.6) is 0 Å². The third-order valence-electron chi connectivity index (χ3n) is 3.97. The van der Waals surface area contributed by atoms with E-state index in [1.807, 2.05) is 20.8 Å². The van der Waals surface area contributed by atoms with Gasteiger partial charge in [0, 0.05) is 41.8 Å². The van der Waals surface area contributed by atoms with E-state index in [4.69, 9.17) is 4.74 Å². The van der Waals surface area contributed by atoms with Gasteiger partial charge in [0.15, 0.2) is 0 Å². The summed E-state index contributed by atoms with van der Waals surface area (Å²) in [5, 5.41) is 14.5. The van der Waals surface area contributed by atoms with Gasteiger partial charge in [-0.3, -0.25) is 10.1 Å². The van der Waals surface area contributed by atoms with Crippen molar-refractivity contribution in [3.05, 3.63) is 38.3 Å². The summed E-state index contributed by atoms with van der Waals surface area (Å²) in [5.74, 6) is 0. The van der Waals surface area contributed by atoms with Crippen LogP contribution in [0.15, 0.2) is 22.7 Å². The van der Waals surface area contributed by atoms with Gasteiger partial charge in [0.25, 0.3) is 5.69 Å². The van der Waals surface area contributed by atoms with Gasteiger partial charge in [-0.15, -0.1) is 0 Å². The number of halogens is 1. The van der Waals surface area contributed by atoms with Crippen molar-refractivity contribution in [3.63, 3.8) is 0 Å². The highest BCUT2D eigenvalue weighted by atomic mass is 79.9. The zero-order valence-electron chi connectivity index (χ0n) is 14.8. The molecule has 1 saturated heterocycles. The van der Waals surface area contributed by atoms with Crippen LogP contribution in [0.2, 0.25) is 0 Å². The number of piperidine rings is 1. The van der Waals surface area contributed by atoms with E-state index in [0.717, 1.165) is 17.3 Å². The molecular formula is C17H24BrN3O4. The van der Waals surface area contributed by atoms with E-state index in [0.29, 0.717) is 25.2 Å². The van der Waals surface area contributed by atoms with E-state index >= 15 is 0 Å². The third kappa shape index (κ3) is 5.97. The maximum Gasteiger partial charge on any atom is 0.410 e. The maximum atomic E-state index is 12.1. The van der Waals surface area contributed by atoms with Crippen molar-refractivity contribution >= 4 is 27.7 Å². The van der Waals surface area contributed by atoms with Gasteiger partial charge in [0.05, 0.1) is 4.92 Å². The number of benzene rings is 1. The molecule has 0 atom stereocenters. The molecule has 8 heteroatoms. The predicted octanol–water partition coefficient (Wildman–Crippen LogP) is 3.85. The number of rotatable bonds is 4. The second-order valence-corrected chi connectivity index (χ2v) is 8.07. The summed E-state index contributed by atoms with van der Waals surface area (Å²) in [4.78, 5) is 24.5. The Balaban J connectivity index is 1.86. The molecule has 1 aliphatic heterocycles. The van der Waals surface area contributed by atoms with E-state index in [1.165, 1.54) is 6.07 Å². The van der Waals surface area contributed by atoms with Gasteiger partial charge in [-0.2, -0.15) is 0 Å². The van der Waals surface area contributed by atoms with E-state index in [1.54, 1.807) is 17.0 Å². The maximum absolute atomic E-state index is 12.1. The van der Waals surface area contributed by atoms with Crippen LogP contribution in [-0.4, -0.2) is 40.6 Å². The van der Waals surface area contributed by atoms with Crippen LogP contribution >= 0.6 is 15.9 Å². The molecule has 1 aromatic carbocycles. The van der Waals surface area contributed by atoms with Crippen molar-refractivity contribution in [3.8, 4) is 0 Å². The average Bonchev–Trinajstić information content (AvgIpc) is 2.51. The Bertz CT molecular complexity index is 637. The number of likely N-dealkylation sites (tertiary alicyclic amines) is 1. The first-order chi connectivity index (χ1) is 11.7. The minimum atomic E-state index is -0.494. The molecule has 0 unspecified atom stereocenters. The van der Waals surface area contributed by atoms with Crippen molar-refractivity contribution in [1.82, 2.24) is 10.2 Å². The number of carbonyl (C=O) groups excluding carboxylic acids is 1. The first-order valence-electron chi connectivity index (χ1n) is 8.30. The first-order valence-corrected chi connectivity index (χ1v) is 9.09. The van der Waals surface area contributed by atoms with Crippen LogP contribution in [0, 0.1) is 10.1 Å². The Morgan fingerprint density at radius 3 is 2.60 bits per heavy atom. The number of nitro groups is 1. The van der Waals surface area contributed by atoms with E-state index in [9.17, 15) is 14.9 Å². The number of nitro benzene ring substituents is 1. The van der Waals surface area contributed by atoms with Crippen LogP contribution in [0.1, 0.15) is 39.2 Å². The number of amides is 1. The van der Waals surface area contributed by atoms with Gasteiger partial charge < -0.3 is 15.0 Å². The highest BCUT2D eigenvalue weighted by molar-refractivity contribution is 9.10. The fraction of sp³-hybridized carbons (Fsp3) is 0.588. The van der Waals surface area contributed by atoms with Crippen molar-refractivity contribution in [2.45, 2.75) is 51.8 Å². The molecule has 0 radical (unpaired) electrons. The number of hydrogen-bond donors (Lipinski definition) is 1. The third-order valence-corrected chi connectivity index (χ3v) is 4.46. The average molecular weight is 414 g/mol. The molecule has 0 aliphatic carbocycles. The van der Waals surface area contributed by atoms with Crippen LogP contribution in [0.3, 0.4) is 0 Å². The monoisotopic (exact) mass is 413 g/mol. The molecule has 1 N–H and O–H groups in total. The molecule has 1 heterocycles. The largest absolute Gasteiger partial charge is 0.444 e. The van der Waals surface area contributed by atoms with Crippen LogP contribution in [0.4, 0.5) is 10.5 Å². The number of ether oxygens (including phenoxy) is 1. The fourth-order valence-corrected chi connectivity index (χ4v) is 3.13. The molecular weight excluding hydrogens is 390 g/mol. The quantitative estimate of drug-likeness (QED) is 0.598. The lowest BCUT2D eigenvalue weighted by atomic mass is 10.0. The van der Waals surface area contributed by atoms with Crippen molar-refractivity contribution in [2.24, 2.45) is 0 Å². The summed E-state index contributed by atoms with van der Waals surface area (Å²) < 4.78 is 6.20. The van der Waals surface area contributed by atoms with Gasteiger partial charge in [-0.05, 0) is 45.7 Å². The number of hydrogen-bond acceptors (Lipinski definition) is 5. The van der Waals surface area contributed by atoms with Crippen LogP contribution < -0.4 is 5.32 Å². The summed E-state index contributed by atoms with van der Waals surface area (Å²) >= 11 is 3.35. The Hall–Kier alpha value is -1.67. The second-order valence-electron chi connectivity index (χ2n) is 7.15. The molecule has 7 nitrogen and oxygen atoms in total. The van der Waals surface area contributed by atoms with Gasteiger partial charge >= 0.3 is 6.09 Å². The van der Waals surface area contributed by atoms with Crippen LogP contribution in [-0.2, 0) is 11.3 Å². The molecule has 1 amide bonds. The molecule has 138 valence electrons. The van der Waals surface area contributed by atoms with Crippen molar-refractivity contribution < 1.29 is 14.5 Å². The Morgan fingerprint density at radius 1 is 1.40 bits per heavy atom. The van der Waals surface area contributed by atoms with Gasteiger partial charge in [-0.1, -0.05) is 15.9 Å². The Morgan fingerprint density at radius 2 is 2.04 bits per heavy atom. The molecule has 25 heavy (non-hydrogen) atoms. The number of nitrogens with zero attached hydrogens (tertiary/aromatic N) is 2. The topological polar surface area (TPSA) is 84.7 Å². The summed E-state index contributed by atoms with van der Waals surface area (Å²) in [6.45, 7) is 7.21. The lowest BCUT2D eigenvalue weighted by Gasteiger charge is -2.33. The summed E-state index contributed by atoms with van der Waals surface area (Å²) in [6, 6.07) is 5.16. The van der Waals surface area contributed by atoms with E-state index in [2.05, 4.69) is 21.2 Å². The summed E-state index contributed by atoms with van der Waals surface area (Å²) in [6.07, 6.45) is 1.30. The first kappa shape index (κ1) is 19.7. The molecule has 0 bridgehead atoms. The van der Waals surface area contributed by atoms with Crippen LogP contribution in [0.25, 0.3) is 0 Å². The lowest BCUT2D eigenvalue weighted by Crippen LogP contribution is -2.46. The zero-order chi connectivity index (χ0) is 18.6. The zero-order valence-corrected chi connectivity index (χ0v) is 16.3. The molecule has 1 aliphatic rings. The lowest BCUT2D eigenvalue weighted by molar-refractivity contribution is -0.385. The second kappa shape index (κ2) is 8.14. The van der Waals surface area contributed by atoms with Crippen molar-refractivity contribution in [2.75, 3.05) is 13.1 Å². The Kier molecular flexibility index (Phi) is 6.40. The summed E-state index contributed by atoms with van der Waals surface area (Å²) in [7, 11) is 0. The highest BCUT2D eigenvalue weighted by Gasteiger charge is 2.27. The minimum absolute atomic E-state index is 0.113. The number of carbonyl (C=O) groups is 1. The standard InChI is InChI=1S/C17H24BrN3O4/c1-17(2,3)25-16(22)20-8-6-14(7-9-20)19-11-12-10-13(18)4-5-15(12)21(23)24/h4-5,10,14,19H,6-9,11H2,1-3H3. The fourth-order valence-electron chi connectivity index (χ4n) is 2.72. The summed E-state index contributed by atoms with van der Waals surface area (Å²) in [5.41, 5.74) is 0.266. The van der Waals surface area contributed by atoms with E-state index < -0.39 is 5.60 Å². The van der Waals surface area contributed by atoms with Gasteiger partial charge in [0.1, 0.15) is 5.60 Å².